The third kappa shape index (κ3) is 6.11. The maximum absolute atomic E-state index is 13.6. The first-order valence-electron chi connectivity index (χ1n) is 12.7. The molecule has 3 unspecified atom stereocenters. The van der Waals surface area contributed by atoms with Gasteiger partial charge in [-0.3, -0.25) is 9.69 Å². The fourth-order valence-corrected chi connectivity index (χ4v) is 5.38. The lowest BCUT2D eigenvalue weighted by Crippen LogP contribution is -2.45. The number of piperidine rings is 1. The molecule has 2 aliphatic carbocycles. The predicted octanol–water partition coefficient (Wildman–Crippen LogP) is 5.75. The minimum Gasteiger partial charge on any atom is -0.335 e. The van der Waals surface area contributed by atoms with Gasteiger partial charge in [-0.1, -0.05) is 43.4 Å². The first-order valence-corrected chi connectivity index (χ1v) is 12.7. The second-order valence-electron chi connectivity index (χ2n) is 10.1. The second kappa shape index (κ2) is 10.9. The van der Waals surface area contributed by atoms with E-state index in [0.29, 0.717) is 45.4 Å². The number of amides is 1. The maximum atomic E-state index is 13.6. The molecule has 0 radical (unpaired) electrons. The van der Waals surface area contributed by atoms with Crippen LogP contribution in [0.3, 0.4) is 0 Å². The fraction of sp³-hybridized carbons (Fsp3) is 0.607. The highest BCUT2D eigenvalue weighted by atomic mass is 19.1. The topological polar surface area (TPSA) is 23.6 Å². The summed E-state index contributed by atoms with van der Waals surface area (Å²) in [6.07, 6.45) is 9.69. The highest BCUT2D eigenvalue weighted by molar-refractivity contribution is 5.78. The number of nitrogens with zero attached hydrogens (tertiary/aromatic N) is 2. The van der Waals surface area contributed by atoms with Gasteiger partial charge in [0.2, 0.25) is 5.91 Å². The van der Waals surface area contributed by atoms with Gasteiger partial charge in [-0.2, -0.15) is 0 Å². The number of carbonyl (C=O) groups is 1. The molecule has 1 amide bonds. The van der Waals surface area contributed by atoms with Crippen LogP contribution in [-0.4, -0.2) is 54.2 Å². The zero-order valence-electron chi connectivity index (χ0n) is 20.1. The molecule has 1 aromatic carbocycles. The van der Waals surface area contributed by atoms with Crippen LogP contribution in [0.1, 0.15) is 68.7 Å². The van der Waals surface area contributed by atoms with E-state index in [4.69, 9.17) is 0 Å². The van der Waals surface area contributed by atoms with Gasteiger partial charge < -0.3 is 4.90 Å². The summed E-state index contributed by atoms with van der Waals surface area (Å²) in [5.74, 6) is 0.378. The van der Waals surface area contributed by atoms with Crippen LogP contribution in [0.2, 0.25) is 0 Å². The standard InChI is InChI=1S/C28H38F2N2O/c1-20(22-8-10-26(29)11-9-22)12-17-32(28(33)19-31-15-13-27(30)14-16-31)21(2)24-7-6-23-4-3-5-25(23)18-24/h6-10,18,20-21,26-27H,3-5,11-17,19H2,1-2H3. The van der Waals surface area contributed by atoms with Crippen molar-refractivity contribution < 1.29 is 13.6 Å². The van der Waals surface area contributed by atoms with Gasteiger partial charge in [0.05, 0.1) is 12.6 Å². The van der Waals surface area contributed by atoms with Crippen molar-refractivity contribution in [3.63, 3.8) is 0 Å². The summed E-state index contributed by atoms with van der Waals surface area (Å²) in [5.41, 5.74) is 5.21. The third-order valence-corrected chi connectivity index (χ3v) is 7.72. The van der Waals surface area contributed by atoms with Gasteiger partial charge in [0.1, 0.15) is 12.3 Å². The highest BCUT2D eigenvalue weighted by Crippen LogP contribution is 2.30. The molecule has 33 heavy (non-hydrogen) atoms. The smallest absolute Gasteiger partial charge is 0.237 e. The number of carbonyl (C=O) groups excluding carboxylic acids is 1. The molecule has 1 fully saturated rings. The molecule has 1 heterocycles. The van der Waals surface area contributed by atoms with Gasteiger partial charge in [-0.05, 0) is 73.6 Å². The summed E-state index contributed by atoms with van der Waals surface area (Å²) in [5, 5.41) is 0. The molecule has 3 aliphatic rings. The molecule has 1 aliphatic heterocycles. The molecule has 3 nitrogen and oxygen atoms in total. The Morgan fingerprint density at radius 2 is 1.91 bits per heavy atom. The van der Waals surface area contributed by atoms with Crippen molar-refractivity contribution in [2.75, 3.05) is 26.2 Å². The normalized spacial score (nSPS) is 23.2. The molecule has 0 aromatic heterocycles. The van der Waals surface area contributed by atoms with E-state index < -0.39 is 12.3 Å². The largest absolute Gasteiger partial charge is 0.335 e. The van der Waals surface area contributed by atoms with Crippen LogP contribution in [0.5, 0.6) is 0 Å². The number of hydrogen-bond donors (Lipinski definition) is 0. The first kappa shape index (κ1) is 24.1. The number of benzene rings is 1. The Bertz CT molecular complexity index is 888. The van der Waals surface area contributed by atoms with Crippen LogP contribution in [-0.2, 0) is 17.6 Å². The lowest BCUT2D eigenvalue weighted by molar-refractivity contribution is -0.135. The minimum atomic E-state index is -0.882. The first-order chi connectivity index (χ1) is 15.9. The summed E-state index contributed by atoms with van der Waals surface area (Å²) in [7, 11) is 0. The molecule has 4 rings (SSSR count). The molecule has 1 aromatic rings. The van der Waals surface area contributed by atoms with Gasteiger partial charge >= 0.3 is 0 Å². The van der Waals surface area contributed by atoms with E-state index in [1.54, 1.807) is 6.08 Å². The monoisotopic (exact) mass is 456 g/mol. The van der Waals surface area contributed by atoms with Crippen molar-refractivity contribution >= 4 is 5.91 Å². The molecule has 0 N–H and O–H groups in total. The average Bonchev–Trinajstić information content (AvgIpc) is 3.29. The number of likely N-dealkylation sites (tertiary alicyclic amines) is 1. The Labute approximate surface area is 197 Å². The number of rotatable bonds is 8. The van der Waals surface area contributed by atoms with Crippen molar-refractivity contribution in [3.05, 3.63) is 58.7 Å². The van der Waals surface area contributed by atoms with Crippen molar-refractivity contribution in [1.82, 2.24) is 9.80 Å². The van der Waals surface area contributed by atoms with Crippen molar-refractivity contribution in [3.8, 4) is 0 Å². The molecule has 0 saturated carbocycles. The van der Waals surface area contributed by atoms with Crippen molar-refractivity contribution in [2.45, 2.75) is 77.2 Å². The lowest BCUT2D eigenvalue weighted by Gasteiger charge is -2.35. The molecular weight excluding hydrogens is 418 g/mol. The quantitative estimate of drug-likeness (QED) is 0.497. The maximum Gasteiger partial charge on any atom is 0.237 e. The Morgan fingerprint density at radius 1 is 1.15 bits per heavy atom. The number of halogens is 2. The van der Waals surface area contributed by atoms with Gasteiger partial charge in [0.25, 0.3) is 0 Å². The van der Waals surface area contributed by atoms with E-state index >= 15 is 0 Å². The summed E-state index contributed by atoms with van der Waals surface area (Å²) < 4.78 is 27.0. The molecule has 5 heteroatoms. The van der Waals surface area contributed by atoms with E-state index in [2.05, 4.69) is 36.9 Å². The summed E-state index contributed by atoms with van der Waals surface area (Å²) >= 11 is 0. The van der Waals surface area contributed by atoms with E-state index in [0.717, 1.165) is 24.8 Å². The highest BCUT2D eigenvalue weighted by Gasteiger charge is 2.27. The third-order valence-electron chi connectivity index (χ3n) is 7.72. The van der Waals surface area contributed by atoms with Crippen LogP contribution in [0, 0.1) is 5.92 Å². The minimum absolute atomic E-state index is 0.0135. The molecule has 180 valence electrons. The van der Waals surface area contributed by atoms with Crippen molar-refractivity contribution in [2.24, 2.45) is 5.92 Å². The van der Waals surface area contributed by atoms with Gasteiger partial charge in [0.15, 0.2) is 0 Å². The number of allylic oxidation sites excluding steroid dienone is 4. The summed E-state index contributed by atoms with van der Waals surface area (Å²) in [6, 6.07) is 6.69. The van der Waals surface area contributed by atoms with Crippen LogP contribution in [0.15, 0.2) is 42.0 Å². The average molecular weight is 457 g/mol. The summed E-state index contributed by atoms with van der Waals surface area (Å²) in [4.78, 5) is 17.6. The number of aryl methyl sites for hydroxylation is 2. The van der Waals surface area contributed by atoms with Crippen LogP contribution in [0.25, 0.3) is 0 Å². The molecular formula is C28H38F2N2O. The summed E-state index contributed by atoms with van der Waals surface area (Å²) in [6.45, 7) is 6.58. The van der Waals surface area contributed by atoms with Gasteiger partial charge in [-0.25, -0.2) is 8.78 Å². The Kier molecular flexibility index (Phi) is 8.00. The predicted molar refractivity (Wildman–Crippen MR) is 130 cm³/mol. The van der Waals surface area contributed by atoms with E-state index in [1.165, 1.54) is 23.1 Å². The zero-order chi connectivity index (χ0) is 23.4. The van der Waals surface area contributed by atoms with Crippen LogP contribution in [0.4, 0.5) is 8.78 Å². The Balaban J connectivity index is 1.46. The van der Waals surface area contributed by atoms with Crippen molar-refractivity contribution in [1.29, 1.82) is 0 Å². The van der Waals surface area contributed by atoms with E-state index in [1.807, 2.05) is 17.1 Å². The zero-order valence-corrected chi connectivity index (χ0v) is 20.1. The van der Waals surface area contributed by atoms with E-state index in [-0.39, 0.29) is 17.9 Å². The van der Waals surface area contributed by atoms with Crippen LogP contribution < -0.4 is 0 Å². The SMILES string of the molecule is CC(CCN(C(=O)CN1CCC(F)CC1)C(C)c1ccc2c(c1)CCC2)C1=CCC(F)C=C1. The molecule has 3 atom stereocenters. The van der Waals surface area contributed by atoms with Gasteiger partial charge in [0, 0.05) is 26.1 Å². The second-order valence-corrected chi connectivity index (χ2v) is 10.1. The molecule has 0 spiro atoms. The molecule has 1 saturated heterocycles. The van der Waals surface area contributed by atoms with Crippen LogP contribution >= 0.6 is 0 Å². The number of hydrogen-bond acceptors (Lipinski definition) is 2. The Morgan fingerprint density at radius 3 is 2.64 bits per heavy atom. The molecule has 0 bridgehead atoms. The number of alkyl halides is 2. The van der Waals surface area contributed by atoms with E-state index in [9.17, 15) is 13.6 Å². The lowest BCUT2D eigenvalue weighted by atomic mass is 9.92. The Hall–Kier alpha value is -2.01. The number of fused-ring (bicyclic) bond motifs is 1. The fourth-order valence-electron chi connectivity index (χ4n) is 5.38. The van der Waals surface area contributed by atoms with Gasteiger partial charge in [-0.15, -0.1) is 0 Å².